The quantitative estimate of drug-likeness (QED) is 0.556. The molecule has 1 spiro atoms. The van der Waals surface area contributed by atoms with Crippen molar-refractivity contribution in [3.05, 3.63) is 59.9 Å². The van der Waals surface area contributed by atoms with Crippen LogP contribution in [0.25, 0.3) is 0 Å². The van der Waals surface area contributed by atoms with Gasteiger partial charge in [-0.2, -0.15) is 5.26 Å². The first-order valence-corrected chi connectivity index (χ1v) is 12.4. The summed E-state index contributed by atoms with van der Waals surface area (Å²) in [5.74, 6) is -1.40. The van der Waals surface area contributed by atoms with Crippen LogP contribution in [0.4, 0.5) is 15.8 Å². The first-order valence-electron chi connectivity index (χ1n) is 12.4. The lowest BCUT2D eigenvalue weighted by molar-refractivity contribution is -0.137. The Kier molecular flexibility index (Phi) is 6.96. The summed E-state index contributed by atoms with van der Waals surface area (Å²) in [5.41, 5.74) is 0.737. The highest BCUT2D eigenvalue weighted by atomic mass is 19.1. The molecule has 8 nitrogen and oxygen atoms in total. The van der Waals surface area contributed by atoms with Crippen molar-refractivity contribution in [1.82, 2.24) is 10.2 Å². The fourth-order valence-corrected chi connectivity index (χ4v) is 5.16. The second-order valence-corrected chi connectivity index (χ2v) is 11.1. The van der Waals surface area contributed by atoms with E-state index in [2.05, 4.69) is 22.0 Å². The molecule has 0 aromatic heterocycles. The summed E-state index contributed by atoms with van der Waals surface area (Å²) in [7, 11) is 0. The van der Waals surface area contributed by atoms with E-state index in [4.69, 9.17) is 0 Å². The third kappa shape index (κ3) is 5.29. The molecule has 0 radical (unpaired) electrons. The molecule has 1 saturated heterocycles. The number of likely N-dealkylation sites (tertiary alicyclic amines) is 1. The number of nitriles is 1. The summed E-state index contributed by atoms with van der Waals surface area (Å²) in [6.07, 6.45) is 0.530. The Labute approximate surface area is 216 Å². The number of hydrogen-bond donors (Lipinski definition) is 3. The molecular weight excluding hydrogens is 473 g/mol. The number of anilines is 2. The number of fused-ring (bicyclic) bond motifs is 2. The maximum absolute atomic E-state index is 13.9. The van der Waals surface area contributed by atoms with Gasteiger partial charge < -0.3 is 20.9 Å². The average molecular weight is 506 g/mol. The number of nitrogens with zero attached hydrogens (tertiary/aromatic N) is 2. The van der Waals surface area contributed by atoms with Crippen LogP contribution in [-0.4, -0.2) is 47.3 Å². The van der Waals surface area contributed by atoms with Gasteiger partial charge in [-0.1, -0.05) is 39.0 Å². The number of carbonyl (C=O) groups is 3. The van der Waals surface area contributed by atoms with Crippen LogP contribution in [0.3, 0.4) is 0 Å². The molecule has 0 bridgehead atoms. The van der Waals surface area contributed by atoms with E-state index in [-0.39, 0.29) is 30.1 Å². The molecule has 0 unspecified atom stereocenters. The van der Waals surface area contributed by atoms with Crippen LogP contribution in [0.2, 0.25) is 0 Å². The van der Waals surface area contributed by atoms with Crippen molar-refractivity contribution in [3.8, 4) is 6.07 Å². The van der Waals surface area contributed by atoms with Gasteiger partial charge in [0.15, 0.2) is 0 Å². The Bertz CT molecular complexity index is 1250. The second-order valence-electron chi connectivity index (χ2n) is 11.1. The first kappa shape index (κ1) is 26.1. The van der Waals surface area contributed by atoms with Gasteiger partial charge in [-0.05, 0) is 54.7 Å². The van der Waals surface area contributed by atoms with Crippen molar-refractivity contribution < 1.29 is 18.8 Å². The zero-order valence-corrected chi connectivity index (χ0v) is 21.5. The number of para-hydroxylation sites is 1. The summed E-state index contributed by atoms with van der Waals surface area (Å²) < 4.78 is 13.2. The van der Waals surface area contributed by atoms with E-state index in [9.17, 15) is 24.0 Å². The van der Waals surface area contributed by atoms with Crippen molar-refractivity contribution in [1.29, 1.82) is 5.26 Å². The van der Waals surface area contributed by atoms with E-state index in [0.717, 1.165) is 5.56 Å². The number of carbonyl (C=O) groups excluding carboxylic acids is 3. The molecule has 1 fully saturated rings. The molecule has 2 aliphatic rings. The molecule has 9 heteroatoms. The largest absolute Gasteiger partial charge is 0.374 e. The lowest BCUT2D eigenvalue weighted by atomic mass is 9.80. The monoisotopic (exact) mass is 505 g/mol. The highest BCUT2D eigenvalue weighted by Gasteiger charge is 2.56. The summed E-state index contributed by atoms with van der Waals surface area (Å²) >= 11 is 0. The summed E-state index contributed by atoms with van der Waals surface area (Å²) in [4.78, 5) is 41.5. The van der Waals surface area contributed by atoms with Crippen molar-refractivity contribution in [3.63, 3.8) is 0 Å². The van der Waals surface area contributed by atoms with Gasteiger partial charge in [-0.15, -0.1) is 0 Å². The standard InChI is InChI=1S/C28H32FN5O3/c1-17(31-19-11-9-18(29)10-12-19)24(35)32-23(14-27(2,3)4)25(36)34-16-28(13-20(34)15-30)21-7-5-6-8-22(21)33-26(28)37/h5-12,17,20,23,31H,13-14,16H2,1-4H3,(H,32,35)(H,33,37)/t17-,20-,23-,28-/m0/s1. The van der Waals surface area contributed by atoms with Crippen LogP contribution in [0.1, 0.15) is 46.1 Å². The van der Waals surface area contributed by atoms with Crippen LogP contribution < -0.4 is 16.0 Å². The molecule has 3 N–H and O–H groups in total. The van der Waals surface area contributed by atoms with E-state index in [1.54, 1.807) is 6.92 Å². The van der Waals surface area contributed by atoms with Gasteiger partial charge in [0.25, 0.3) is 0 Å². The molecule has 0 saturated carbocycles. The van der Waals surface area contributed by atoms with Crippen LogP contribution in [0.15, 0.2) is 48.5 Å². The van der Waals surface area contributed by atoms with Crippen LogP contribution in [0, 0.1) is 22.6 Å². The summed E-state index contributed by atoms with van der Waals surface area (Å²) in [6, 6.07) is 12.8. The van der Waals surface area contributed by atoms with E-state index in [0.29, 0.717) is 17.8 Å². The number of nitrogens with one attached hydrogen (secondary N) is 3. The maximum atomic E-state index is 13.9. The molecular formula is C28H32FN5O3. The molecule has 37 heavy (non-hydrogen) atoms. The molecule has 2 aromatic rings. The summed E-state index contributed by atoms with van der Waals surface area (Å²) in [6.45, 7) is 7.61. The van der Waals surface area contributed by atoms with E-state index in [1.807, 2.05) is 45.0 Å². The molecule has 2 heterocycles. The van der Waals surface area contributed by atoms with Crippen molar-refractivity contribution >= 4 is 29.1 Å². The third-order valence-electron chi connectivity index (χ3n) is 6.97. The predicted molar refractivity (Wildman–Crippen MR) is 138 cm³/mol. The fourth-order valence-electron chi connectivity index (χ4n) is 5.16. The second kappa shape index (κ2) is 9.85. The van der Waals surface area contributed by atoms with Gasteiger partial charge in [-0.3, -0.25) is 14.4 Å². The van der Waals surface area contributed by atoms with E-state index >= 15 is 0 Å². The smallest absolute Gasteiger partial charge is 0.246 e. The van der Waals surface area contributed by atoms with Crippen molar-refractivity contribution in [2.45, 2.75) is 64.1 Å². The van der Waals surface area contributed by atoms with Crippen LogP contribution in [0.5, 0.6) is 0 Å². The highest BCUT2D eigenvalue weighted by molar-refractivity contribution is 6.07. The van der Waals surface area contributed by atoms with Crippen molar-refractivity contribution in [2.75, 3.05) is 17.2 Å². The van der Waals surface area contributed by atoms with Gasteiger partial charge in [0, 0.05) is 24.3 Å². The minimum Gasteiger partial charge on any atom is -0.374 e. The molecule has 0 aliphatic carbocycles. The van der Waals surface area contributed by atoms with Crippen LogP contribution >= 0.6 is 0 Å². The molecule has 4 rings (SSSR count). The number of halogens is 1. The van der Waals surface area contributed by atoms with Gasteiger partial charge in [-0.25, -0.2) is 4.39 Å². The molecule has 2 aliphatic heterocycles. The molecule has 3 amide bonds. The van der Waals surface area contributed by atoms with Crippen LogP contribution in [-0.2, 0) is 19.8 Å². The van der Waals surface area contributed by atoms with E-state index in [1.165, 1.54) is 29.2 Å². The summed E-state index contributed by atoms with van der Waals surface area (Å²) in [5, 5.41) is 18.7. The van der Waals surface area contributed by atoms with Gasteiger partial charge in [0.05, 0.1) is 11.5 Å². The topological polar surface area (TPSA) is 114 Å². The number of rotatable bonds is 6. The number of benzene rings is 2. The Hall–Kier alpha value is -3.93. The normalized spacial score (nSPS) is 22.1. The number of hydrogen-bond acceptors (Lipinski definition) is 5. The zero-order chi connectivity index (χ0) is 27.0. The average Bonchev–Trinajstić information content (AvgIpc) is 3.37. The Morgan fingerprint density at radius 3 is 2.54 bits per heavy atom. The van der Waals surface area contributed by atoms with Gasteiger partial charge in [0.1, 0.15) is 23.9 Å². The fraction of sp³-hybridized carbons (Fsp3) is 0.429. The number of amides is 3. The van der Waals surface area contributed by atoms with Gasteiger partial charge >= 0.3 is 0 Å². The zero-order valence-electron chi connectivity index (χ0n) is 21.5. The maximum Gasteiger partial charge on any atom is 0.246 e. The molecule has 4 atom stereocenters. The van der Waals surface area contributed by atoms with E-state index < -0.39 is 35.4 Å². The third-order valence-corrected chi connectivity index (χ3v) is 6.97. The van der Waals surface area contributed by atoms with Crippen molar-refractivity contribution in [2.24, 2.45) is 5.41 Å². The Morgan fingerprint density at radius 1 is 1.22 bits per heavy atom. The predicted octanol–water partition coefficient (Wildman–Crippen LogP) is 3.56. The Morgan fingerprint density at radius 2 is 1.89 bits per heavy atom. The molecule has 2 aromatic carbocycles. The first-order chi connectivity index (χ1) is 17.4. The molecule has 194 valence electrons. The highest BCUT2D eigenvalue weighted by Crippen LogP contribution is 2.46. The SMILES string of the molecule is C[C@H](Nc1ccc(F)cc1)C(=O)N[C@@H](CC(C)(C)C)C(=O)N1C[C@]2(C[C@H]1C#N)C(=O)Nc1ccccc12. The minimum atomic E-state index is -1.000. The minimum absolute atomic E-state index is 0.0623. The van der Waals surface area contributed by atoms with Gasteiger partial charge in [0.2, 0.25) is 17.7 Å². The Balaban J connectivity index is 1.55. The lowest BCUT2D eigenvalue weighted by Gasteiger charge is -2.32. The lowest BCUT2D eigenvalue weighted by Crippen LogP contribution is -2.54.